The van der Waals surface area contributed by atoms with Crippen LogP contribution in [0.2, 0.25) is 0 Å². The SMILES string of the molecule is O=C(CCCn1cccn1)N[C@H]1COC[C@H]1Cc1ccnc2ccccc12. The van der Waals surface area contributed by atoms with Gasteiger partial charge in [0.25, 0.3) is 0 Å². The van der Waals surface area contributed by atoms with Crippen molar-refractivity contribution < 1.29 is 9.53 Å². The Kier molecular flexibility index (Phi) is 5.44. The van der Waals surface area contributed by atoms with E-state index in [1.807, 2.05) is 41.3 Å². The highest BCUT2D eigenvalue weighted by molar-refractivity contribution is 5.81. The van der Waals surface area contributed by atoms with E-state index in [9.17, 15) is 4.79 Å². The van der Waals surface area contributed by atoms with Gasteiger partial charge < -0.3 is 10.1 Å². The number of amides is 1. The minimum Gasteiger partial charge on any atom is -0.379 e. The Morgan fingerprint density at radius 1 is 1.19 bits per heavy atom. The minimum absolute atomic E-state index is 0.0640. The summed E-state index contributed by atoms with van der Waals surface area (Å²) in [5.74, 6) is 0.369. The first kappa shape index (κ1) is 17.7. The first-order chi connectivity index (χ1) is 13.3. The number of benzene rings is 1. The third-order valence-electron chi connectivity index (χ3n) is 5.12. The number of hydrogen-bond donors (Lipinski definition) is 1. The topological polar surface area (TPSA) is 69.0 Å². The van der Waals surface area contributed by atoms with Crippen LogP contribution in [0.1, 0.15) is 18.4 Å². The van der Waals surface area contributed by atoms with Crippen molar-refractivity contribution in [3.05, 3.63) is 60.6 Å². The van der Waals surface area contributed by atoms with Crippen LogP contribution in [0.15, 0.2) is 55.0 Å². The predicted octanol–water partition coefficient (Wildman–Crippen LogP) is 2.59. The lowest BCUT2D eigenvalue weighted by molar-refractivity contribution is -0.122. The molecule has 1 aliphatic rings. The van der Waals surface area contributed by atoms with Gasteiger partial charge in [-0.05, 0) is 36.6 Å². The summed E-state index contributed by atoms with van der Waals surface area (Å²) in [7, 11) is 0. The Morgan fingerprint density at radius 2 is 2.11 bits per heavy atom. The highest BCUT2D eigenvalue weighted by Crippen LogP contribution is 2.24. The monoisotopic (exact) mass is 364 g/mol. The zero-order valence-electron chi connectivity index (χ0n) is 15.3. The number of aromatic nitrogens is 3. The molecule has 4 rings (SSSR count). The Hall–Kier alpha value is -2.73. The van der Waals surface area contributed by atoms with Crippen LogP contribution in [0.5, 0.6) is 0 Å². The van der Waals surface area contributed by atoms with Gasteiger partial charge in [0, 0.05) is 42.9 Å². The number of fused-ring (bicyclic) bond motifs is 1. The molecule has 0 aliphatic carbocycles. The Labute approximate surface area is 158 Å². The van der Waals surface area contributed by atoms with Crippen molar-refractivity contribution in [2.45, 2.75) is 31.8 Å². The largest absolute Gasteiger partial charge is 0.379 e. The van der Waals surface area contributed by atoms with Crippen molar-refractivity contribution >= 4 is 16.8 Å². The average molecular weight is 364 g/mol. The molecule has 140 valence electrons. The summed E-state index contributed by atoms with van der Waals surface area (Å²) >= 11 is 0. The lowest BCUT2D eigenvalue weighted by Crippen LogP contribution is -2.40. The first-order valence-electron chi connectivity index (χ1n) is 9.47. The summed E-state index contributed by atoms with van der Waals surface area (Å²) in [5, 5.41) is 8.51. The second-order valence-electron chi connectivity index (χ2n) is 7.04. The van der Waals surface area contributed by atoms with E-state index in [1.54, 1.807) is 6.20 Å². The zero-order chi connectivity index (χ0) is 18.5. The Morgan fingerprint density at radius 3 is 3.00 bits per heavy atom. The zero-order valence-corrected chi connectivity index (χ0v) is 15.3. The van der Waals surface area contributed by atoms with Gasteiger partial charge in [-0.1, -0.05) is 18.2 Å². The third-order valence-corrected chi connectivity index (χ3v) is 5.12. The van der Waals surface area contributed by atoms with Crippen LogP contribution in [0, 0.1) is 5.92 Å². The summed E-state index contributed by atoms with van der Waals surface area (Å²) in [6.45, 7) is 2.02. The number of ether oxygens (including phenoxy) is 1. The van der Waals surface area contributed by atoms with Crippen LogP contribution in [0.25, 0.3) is 10.9 Å². The number of nitrogens with one attached hydrogen (secondary N) is 1. The molecule has 0 unspecified atom stereocenters. The summed E-state index contributed by atoms with van der Waals surface area (Å²) in [6.07, 6.45) is 7.68. The Balaban J connectivity index is 1.34. The average Bonchev–Trinajstić information content (AvgIpc) is 3.35. The van der Waals surface area contributed by atoms with Crippen molar-refractivity contribution in [3.8, 4) is 0 Å². The number of pyridine rings is 1. The van der Waals surface area contributed by atoms with Crippen LogP contribution in [-0.2, 0) is 22.5 Å². The number of aryl methyl sites for hydroxylation is 1. The molecule has 3 heterocycles. The third kappa shape index (κ3) is 4.34. The van der Waals surface area contributed by atoms with E-state index in [2.05, 4.69) is 27.5 Å². The smallest absolute Gasteiger partial charge is 0.220 e. The summed E-state index contributed by atoms with van der Waals surface area (Å²) in [6, 6.07) is 12.2. The van der Waals surface area contributed by atoms with E-state index < -0.39 is 0 Å². The number of hydrogen-bond acceptors (Lipinski definition) is 4. The lowest BCUT2D eigenvalue weighted by Gasteiger charge is -2.20. The summed E-state index contributed by atoms with van der Waals surface area (Å²) in [5.41, 5.74) is 2.27. The van der Waals surface area contributed by atoms with Crippen LogP contribution < -0.4 is 5.32 Å². The van der Waals surface area contributed by atoms with Crippen molar-refractivity contribution in [2.24, 2.45) is 5.92 Å². The number of carbonyl (C=O) groups excluding carboxylic acids is 1. The van der Waals surface area contributed by atoms with Gasteiger partial charge in [-0.3, -0.25) is 14.5 Å². The highest BCUT2D eigenvalue weighted by Gasteiger charge is 2.29. The second-order valence-corrected chi connectivity index (χ2v) is 7.04. The molecule has 3 aromatic rings. The molecular formula is C21H24N4O2. The normalized spacial score (nSPS) is 19.4. The summed E-state index contributed by atoms with van der Waals surface area (Å²) < 4.78 is 7.52. The van der Waals surface area contributed by atoms with E-state index in [-0.39, 0.29) is 17.9 Å². The number of rotatable bonds is 7. The van der Waals surface area contributed by atoms with Crippen molar-refractivity contribution in [1.82, 2.24) is 20.1 Å². The molecule has 27 heavy (non-hydrogen) atoms. The predicted molar refractivity (Wildman–Crippen MR) is 103 cm³/mol. The van der Waals surface area contributed by atoms with Crippen LogP contribution in [-0.4, -0.2) is 39.9 Å². The van der Waals surface area contributed by atoms with Gasteiger partial charge in [0.1, 0.15) is 0 Å². The van der Waals surface area contributed by atoms with Gasteiger partial charge in [0.15, 0.2) is 0 Å². The number of carbonyl (C=O) groups is 1. The van der Waals surface area contributed by atoms with Gasteiger partial charge in [-0.25, -0.2) is 0 Å². The summed E-state index contributed by atoms with van der Waals surface area (Å²) in [4.78, 5) is 16.8. The molecule has 2 aromatic heterocycles. The second kappa shape index (κ2) is 8.31. The molecule has 0 saturated carbocycles. The number of nitrogens with zero attached hydrogens (tertiary/aromatic N) is 3. The fraction of sp³-hybridized carbons (Fsp3) is 0.381. The van der Waals surface area contributed by atoms with Gasteiger partial charge in [0.05, 0.1) is 24.8 Å². The van der Waals surface area contributed by atoms with Gasteiger partial charge in [-0.15, -0.1) is 0 Å². The van der Waals surface area contributed by atoms with Gasteiger partial charge >= 0.3 is 0 Å². The molecule has 1 fully saturated rings. The maximum atomic E-state index is 12.3. The fourth-order valence-electron chi connectivity index (χ4n) is 3.69. The van der Waals surface area contributed by atoms with Crippen molar-refractivity contribution in [3.63, 3.8) is 0 Å². The standard InChI is InChI=1S/C21H24N4O2/c26-21(7-3-11-25-12-4-9-23-25)24-20-15-27-14-17(20)13-16-8-10-22-19-6-2-1-5-18(16)19/h1-2,4-6,8-10,12,17,20H,3,7,11,13-15H2,(H,24,26)/t17-,20+/m1/s1. The molecule has 1 N–H and O–H groups in total. The quantitative estimate of drug-likeness (QED) is 0.700. The molecule has 6 nitrogen and oxygen atoms in total. The van der Waals surface area contributed by atoms with Gasteiger partial charge in [-0.2, -0.15) is 5.10 Å². The van der Waals surface area contributed by atoms with Crippen LogP contribution in [0.3, 0.4) is 0 Å². The van der Waals surface area contributed by atoms with E-state index >= 15 is 0 Å². The number of para-hydroxylation sites is 1. The van der Waals surface area contributed by atoms with E-state index in [0.717, 1.165) is 24.9 Å². The van der Waals surface area contributed by atoms with Crippen molar-refractivity contribution in [1.29, 1.82) is 0 Å². The highest BCUT2D eigenvalue weighted by atomic mass is 16.5. The molecule has 1 aromatic carbocycles. The lowest BCUT2D eigenvalue weighted by atomic mass is 9.93. The van der Waals surface area contributed by atoms with E-state index in [1.165, 1.54) is 10.9 Å². The Bertz CT molecular complexity index is 889. The molecule has 1 saturated heterocycles. The van der Waals surface area contributed by atoms with Gasteiger partial charge in [0.2, 0.25) is 5.91 Å². The molecule has 0 radical (unpaired) electrons. The van der Waals surface area contributed by atoms with Crippen molar-refractivity contribution in [2.75, 3.05) is 13.2 Å². The molecule has 1 amide bonds. The minimum atomic E-state index is 0.0640. The van der Waals surface area contributed by atoms with E-state index in [4.69, 9.17) is 4.74 Å². The molecular weight excluding hydrogens is 340 g/mol. The van der Waals surface area contributed by atoms with Crippen LogP contribution >= 0.6 is 0 Å². The molecule has 0 bridgehead atoms. The molecule has 1 aliphatic heterocycles. The maximum absolute atomic E-state index is 12.3. The first-order valence-corrected chi connectivity index (χ1v) is 9.47. The molecule has 0 spiro atoms. The molecule has 2 atom stereocenters. The van der Waals surface area contributed by atoms with E-state index in [0.29, 0.717) is 19.6 Å². The fourth-order valence-corrected chi connectivity index (χ4v) is 3.69. The maximum Gasteiger partial charge on any atom is 0.220 e. The van der Waals surface area contributed by atoms with Crippen LogP contribution in [0.4, 0.5) is 0 Å². The molecule has 6 heteroatoms.